The number of hydrogen-bond donors (Lipinski definition) is 1. The van der Waals surface area contributed by atoms with E-state index in [1.165, 1.54) is 6.07 Å². The minimum atomic E-state index is -0.356. The Bertz CT molecular complexity index is 413. The highest BCUT2D eigenvalue weighted by Crippen LogP contribution is 2.23. The van der Waals surface area contributed by atoms with E-state index in [0.29, 0.717) is 12.0 Å². The first-order valence-electron chi connectivity index (χ1n) is 6.95. The summed E-state index contributed by atoms with van der Waals surface area (Å²) < 4.78 is 18.7. The molecule has 4 heteroatoms. The van der Waals surface area contributed by atoms with Crippen molar-refractivity contribution in [3.05, 3.63) is 34.6 Å². The summed E-state index contributed by atoms with van der Waals surface area (Å²) in [6.45, 7) is 4.78. The summed E-state index contributed by atoms with van der Waals surface area (Å²) in [4.78, 5) is 0. The molecule has 0 radical (unpaired) electrons. The molecule has 0 aromatic heterocycles. The monoisotopic (exact) mass is 285 g/mol. The Kier molecular flexibility index (Phi) is 5.61. The van der Waals surface area contributed by atoms with E-state index in [1.807, 2.05) is 6.07 Å². The summed E-state index contributed by atoms with van der Waals surface area (Å²) in [5, 5.41) is 3.78. The minimum Gasteiger partial charge on any atom is -0.381 e. The molecular formula is C15H21ClFNO. The van der Waals surface area contributed by atoms with Gasteiger partial charge in [0.1, 0.15) is 5.82 Å². The fraction of sp³-hybridized carbons (Fsp3) is 0.600. The van der Waals surface area contributed by atoms with Gasteiger partial charge in [-0.15, -0.1) is 0 Å². The minimum absolute atomic E-state index is 0.201. The van der Waals surface area contributed by atoms with Crippen molar-refractivity contribution in [1.29, 1.82) is 0 Å². The third-order valence-electron chi connectivity index (χ3n) is 3.61. The summed E-state index contributed by atoms with van der Waals surface area (Å²) in [5.41, 5.74) is 1.07. The zero-order valence-electron chi connectivity index (χ0n) is 11.3. The first-order chi connectivity index (χ1) is 9.20. The summed E-state index contributed by atoms with van der Waals surface area (Å²) >= 11 is 5.83. The Morgan fingerprint density at radius 3 is 3.05 bits per heavy atom. The molecule has 2 atom stereocenters. The van der Waals surface area contributed by atoms with Gasteiger partial charge in [-0.25, -0.2) is 4.39 Å². The molecule has 19 heavy (non-hydrogen) atoms. The predicted octanol–water partition coefficient (Wildman–Crippen LogP) is 3.43. The van der Waals surface area contributed by atoms with Crippen LogP contribution in [0.2, 0.25) is 5.02 Å². The van der Waals surface area contributed by atoms with Gasteiger partial charge in [-0.05, 0) is 43.5 Å². The molecule has 2 rings (SSSR count). The molecule has 0 amide bonds. The molecule has 0 aliphatic carbocycles. The van der Waals surface area contributed by atoms with Gasteiger partial charge >= 0.3 is 0 Å². The van der Waals surface area contributed by atoms with Gasteiger partial charge in [0, 0.05) is 18.6 Å². The second kappa shape index (κ2) is 7.22. The fourth-order valence-corrected chi connectivity index (χ4v) is 2.77. The van der Waals surface area contributed by atoms with Crippen molar-refractivity contribution in [1.82, 2.24) is 5.32 Å². The van der Waals surface area contributed by atoms with Crippen molar-refractivity contribution in [2.45, 2.75) is 32.2 Å². The van der Waals surface area contributed by atoms with Gasteiger partial charge < -0.3 is 10.1 Å². The number of rotatable bonds is 5. The summed E-state index contributed by atoms with van der Waals surface area (Å²) in [6, 6.07) is 5.46. The molecule has 1 aliphatic rings. The summed E-state index contributed by atoms with van der Waals surface area (Å²) in [6.07, 6.45) is 3.05. The van der Waals surface area contributed by atoms with E-state index >= 15 is 0 Å². The second-order valence-corrected chi connectivity index (χ2v) is 5.54. The standard InChI is InChI=1S/C15H21ClFNO/c1-2-6-18-15-5-7-19-10-12(15)8-11-3-4-14(17)13(16)9-11/h3-4,9,12,15,18H,2,5-8,10H2,1H3. The lowest BCUT2D eigenvalue weighted by Gasteiger charge is -2.32. The van der Waals surface area contributed by atoms with Crippen LogP contribution in [-0.2, 0) is 11.2 Å². The third kappa shape index (κ3) is 4.16. The average Bonchev–Trinajstić information content (AvgIpc) is 2.42. The Labute approximate surface area is 119 Å². The van der Waals surface area contributed by atoms with Crippen molar-refractivity contribution < 1.29 is 9.13 Å². The molecule has 0 spiro atoms. The lowest BCUT2D eigenvalue weighted by Crippen LogP contribution is -2.44. The number of nitrogens with one attached hydrogen (secondary N) is 1. The van der Waals surface area contributed by atoms with Crippen molar-refractivity contribution in [2.24, 2.45) is 5.92 Å². The molecular weight excluding hydrogens is 265 g/mol. The Morgan fingerprint density at radius 1 is 1.47 bits per heavy atom. The van der Waals surface area contributed by atoms with Crippen molar-refractivity contribution >= 4 is 11.6 Å². The topological polar surface area (TPSA) is 21.3 Å². The van der Waals surface area contributed by atoms with Crippen LogP contribution in [0.5, 0.6) is 0 Å². The Morgan fingerprint density at radius 2 is 2.32 bits per heavy atom. The second-order valence-electron chi connectivity index (χ2n) is 5.14. The normalized spacial score (nSPS) is 23.5. The molecule has 1 aromatic carbocycles. The van der Waals surface area contributed by atoms with Crippen molar-refractivity contribution in [3.63, 3.8) is 0 Å². The van der Waals surface area contributed by atoms with Crippen LogP contribution in [0.3, 0.4) is 0 Å². The van der Waals surface area contributed by atoms with Crippen LogP contribution in [0.1, 0.15) is 25.3 Å². The highest BCUT2D eigenvalue weighted by Gasteiger charge is 2.25. The maximum absolute atomic E-state index is 13.2. The molecule has 2 nitrogen and oxygen atoms in total. The van der Waals surface area contributed by atoms with Gasteiger partial charge in [-0.1, -0.05) is 24.6 Å². The quantitative estimate of drug-likeness (QED) is 0.895. The number of halogens is 2. The van der Waals surface area contributed by atoms with Gasteiger partial charge in [-0.3, -0.25) is 0 Å². The third-order valence-corrected chi connectivity index (χ3v) is 3.90. The molecule has 1 fully saturated rings. The van der Waals surface area contributed by atoms with Crippen LogP contribution in [0.4, 0.5) is 4.39 Å². The van der Waals surface area contributed by atoms with Crippen LogP contribution in [0, 0.1) is 11.7 Å². The highest BCUT2D eigenvalue weighted by molar-refractivity contribution is 6.30. The van der Waals surface area contributed by atoms with Crippen LogP contribution in [0.25, 0.3) is 0 Å². The number of ether oxygens (including phenoxy) is 1. The fourth-order valence-electron chi connectivity index (χ4n) is 2.57. The van der Waals surface area contributed by atoms with E-state index in [9.17, 15) is 4.39 Å². The van der Waals surface area contributed by atoms with E-state index < -0.39 is 0 Å². The van der Waals surface area contributed by atoms with Gasteiger partial charge in [-0.2, -0.15) is 0 Å². The maximum atomic E-state index is 13.2. The van der Waals surface area contributed by atoms with E-state index in [1.54, 1.807) is 6.07 Å². The van der Waals surface area contributed by atoms with Gasteiger partial charge in [0.05, 0.1) is 11.6 Å². The van der Waals surface area contributed by atoms with E-state index in [2.05, 4.69) is 12.2 Å². The van der Waals surface area contributed by atoms with Crippen molar-refractivity contribution in [3.8, 4) is 0 Å². The molecule has 0 bridgehead atoms. The molecule has 0 saturated carbocycles. The van der Waals surface area contributed by atoms with Gasteiger partial charge in [0.15, 0.2) is 0 Å². The molecule has 106 valence electrons. The first kappa shape index (κ1) is 14.8. The SMILES string of the molecule is CCCNC1CCOCC1Cc1ccc(F)c(Cl)c1. The lowest BCUT2D eigenvalue weighted by molar-refractivity contribution is 0.0323. The van der Waals surface area contributed by atoms with Gasteiger partial charge in [0.25, 0.3) is 0 Å². The molecule has 1 heterocycles. The van der Waals surface area contributed by atoms with Gasteiger partial charge in [0.2, 0.25) is 0 Å². The maximum Gasteiger partial charge on any atom is 0.141 e. The van der Waals surface area contributed by atoms with Crippen LogP contribution in [0.15, 0.2) is 18.2 Å². The van der Waals surface area contributed by atoms with E-state index in [-0.39, 0.29) is 10.8 Å². The van der Waals surface area contributed by atoms with Crippen LogP contribution >= 0.6 is 11.6 Å². The molecule has 1 saturated heterocycles. The number of benzene rings is 1. The zero-order valence-corrected chi connectivity index (χ0v) is 12.0. The number of hydrogen-bond acceptors (Lipinski definition) is 2. The highest BCUT2D eigenvalue weighted by atomic mass is 35.5. The van der Waals surface area contributed by atoms with Crippen LogP contribution in [-0.4, -0.2) is 25.8 Å². The molecule has 1 aliphatic heterocycles. The molecule has 1 aromatic rings. The van der Waals surface area contributed by atoms with E-state index in [0.717, 1.165) is 44.6 Å². The Balaban J connectivity index is 1.99. The zero-order chi connectivity index (χ0) is 13.7. The largest absolute Gasteiger partial charge is 0.381 e. The smallest absolute Gasteiger partial charge is 0.141 e. The first-order valence-corrected chi connectivity index (χ1v) is 7.33. The summed E-state index contributed by atoms with van der Waals surface area (Å²) in [5.74, 6) is 0.0767. The lowest BCUT2D eigenvalue weighted by atomic mass is 9.89. The van der Waals surface area contributed by atoms with E-state index in [4.69, 9.17) is 16.3 Å². The van der Waals surface area contributed by atoms with Crippen molar-refractivity contribution in [2.75, 3.05) is 19.8 Å². The molecule has 2 unspecified atom stereocenters. The summed E-state index contributed by atoms with van der Waals surface area (Å²) in [7, 11) is 0. The predicted molar refractivity (Wildman–Crippen MR) is 76.1 cm³/mol. The molecule has 1 N–H and O–H groups in total. The van der Waals surface area contributed by atoms with Crippen LogP contribution < -0.4 is 5.32 Å². The average molecular weight is 286 g/mol. The Hall–Kier alpha value is -0.640.